The molecule has 5 heteroatoms. The first-order chi connectivity index (χ1) is 9.72. The van der Waals surface area contributed by atoms with Crippen molar-refractivity contribution >= 4 is 5.82 Å². The first-order valence-corrected chi connectivity index (χ1v) is 7.63. The normalized spacial score (nSPS) is 24.1. The van der Waals surface area contributed by atoms with Crippen LogP contribution in [0, 0.1) is 5.92 Å². The third-order valence-corrected chi connectivity index (χ3v) is 3.84. The minimum atomic E-state index is 0.207. The van der Waals surface area contributed by atoms with E-state index in [1.807, 2.05) is 12.3 Å². The number of ether oxygens (including phenoxy) is 1. The Morgan fingerprint density at radius 2 is 2.30 bits per heavy atom. The van der Waals surface area contributed by atoms with E-state index >= 15 is 0 Å². The van der Waals surface area contributed by atoms with Crippen molar-refractivity contribution in [3.05, 3.63) is 18.1 Å². The zero-order valence-corrected chi connectivity index (χ0v) is 12.4. The lowest BCUT2D eigenvalue weighted by molar-refractivity contribution is -0.0137. The summed E-state index contributed by atoms with van der Waals surface area (Å²) in [5.74, 6) is 2.67. The molecule has 1 aromatic heterocycles. The van der Waals surface area contributed by atoms with Crippen LogP contribution in [0.15, 0.2) is 12.3 Å². The zero-order chi connectivity index (χ0) is 13.9. The lowest BCUT2D eigenvalue weighted by atomic mass is 10.2. The molecular formula is C15H24N4O. The molecule has 1 N–H and O–H groups in total. The smallest absolute Gasteiger partial charge is 0.150 e. The van der Waals surface area contributed by atoms with Gasteiger partial charge in [0.05, 0.1) is 19.3 Å². The molecule has 2 aliphatic rings. The molecule has 5 nitrogen and oxygen atoms in total. The van der Waals surface area contributed by atoms with Gasteiger partial charge in [0.1, 0.15) is 11.6 Å². The molecule has 0 spiro atoms. The molecular weight excluding hydrogens is 252 g/mol. The molecule has 0 bridgehead atoms. The van der Waals surface area contributed by atoms with Gasteiger partial charge in [0, 0.05) is 25.3 Å². The van der Waals surface area contributed by atoms with Gasteiger partial charge >= 0.3 is 0 Å². The Kier molecular flexibility index (Phi) is 4.17. The van der Waals surface area contributed by atoms with Crippen molar-refractivity contribution in [3.63, 3.8) is 0 Å². The summed E-state index contributed by atoms with van der Waals surface area (Å²) in [6, 6.07) is 2.51. The number of hydrogen-bond donors (Lipinski definition) is 1. The Bertz CT molecular complexity index is 447. The summed E-state index contributed by atoms with van der Waals surface area (Å²) in [4.78, 5) is 11.6. The Morgan fingerprint density at radius 3 is 3.05 bits per heavy atom. The molecule has 0 radical (unpaired) electrons. The van der Waals surface area contributed by atoms with Crippen LogP contribution in [-0.2, 0) is 4.74 Å². The van der Waals surface area contributed by atoms with Gasteiger partial charge in [0.15, 0.2) is 0 Å². The second kappa shape index (κ2) is 6.06. The molecule has 1 aromatic rings. The van der Waals surface area contributed by atoms with Crippen LogP contribution in [0.5, 0.6) is 0 Å². The Labute approximate surface area is 120 Å². The van der Waals surface area contributed by atoms with Gasteiger partial charge in [0.25, 0.3) is 0 Å². The molecule has 0 aromatic carbocycles. The van der Waals surface area contributed by atoms with Crippen LogP contribution in [0.4, 0.5) is 5.82 Å². The predicted molar refractivity (Wildman–Crippen MR) is 78.6 cm³/mol. The average molecular weight is 276 g/mol. The van der Waals surface area contributed by atoms with Crippen molar-refractivity contribution in [2.24, 2.45) is 5.92 Å². The molecule has 20 heavy (non-hydrogen) atoms. The van der Waals surface area contributed by atoms with E-state index in [0.717, 1.165) is 30.7 Å². The van der Waals surface area contributed by atoms with Crippen molar-refractivity contribution in [2.45, 2.75) is 38.8 Å². The molecule has 1 aliphatic carbocycles. The fourth-order valence-corrected chi connectivity index (χ4v) is 2.64. The van der Waals surface area contributed by atoms with E-state index in [1.165, 1.54) is 19.4 Å². The summed E-state index contributed by atoms with van der Waals surface area (Å²) in [5.41, 5.74) is 0. The minimum Gasteiger partial charge on any atom is -0.378 e. The highest BCUT2D eigenvalue weighted by molar-refractivity contribution is 5.34. The Hall–Kier alpha value is -1.20. The molecule has 3 rings (SSSR count). The lowest BCUT2D eigenvalue weighted by Gasteiger charge is -2.34. The first-order valence-electron chi connectivity index (χ1n) is 7.63. The van der Waals surface area contributed by atoms with E-state index in [0.29, 0.717) is 12.6 Å². The molecule has 2 heterocycles. The van der Waals surface area contributed by atoms with E-state index < -0.39 is 0 Å². The van der Waals surface area contributed by atoms with Gasteiger partial charge in [-0.3, -0.25) is 4.90 Å². The molecule has 1 atom stereocenters. The third kappa shape index (κ3) is 3.46. The van der Waals surface area contributed by atoms with Crippen LogP contribution in [0.2, 0.25) is 0 Å². The highest BCUT2D eigenvalue weighted by atomic mass is 16.5. The average Bonchev–Trinajstić information content (AvgIpc) is 3.23. The molecule has 1 saturated carbocycles. The van der Waals surface area contributed by atoms with Gasteiger partial charge < -0.3 is 10.1 Å². The van der Waals surface area contributed by atoms with Crippen molar-refractivity contribution < 1.29 is 4.74 Å². The summed E-state index contributed by atoms with van der Waals surface area (Å²) >= 11 is 0. The van der Waals surface area contributed by atoms with E-state index in [4.69, 9.17) is 4.74 Å². The largest absolute Gasteiger partial charge is 0.378 e. The minimum absolute atomic E-state index is 0.207. The number of rotatable bonds is 5. The van der Waals surface area contributed by atoms with Gasteiger partial charge in [-0.1, -0.05) is 0 Å². The number of morpholine rings is 1. The molecule has 0 amide bonds. The predicted octanol–water partition coefficient (Wildman–Crippen LogP) is 2.08. The van der Waals surface area contributed by atoms with Gasteiger partial charge in [-0.05, 0) is 38.7 Å². The first kappa shape index (κ1) is 13.8. The summed E-state index contributed by atoms with van der Waals surface area (Å²) in [5, 5.41) is 3.34. The van der Waals surface area contributed by atoms with Crippen LogP contribution >= 0.6 is 0 Å². The molecule has 0 unspecified atom stereocenters. The second-order valence-corrected chi connectivity index (χ2v) is 6.13. The van der Waals surface area contributed by atoms with E-state index in [1.54, 1.807) is 0 Å². The quantitative estimate of drug-likeness (QED) is 0.892. The maximum Gasteiger partial charge on any atom is 0.150 e. The van der Waals surface area contributed by atoms with Crippen LogP contribution in [0.25, 0.3) is 0 Å². The van der Waals surface area contributed by atoms with E-state index in [-0.39, 0.29) is 6.04 Å². The molecule has 1 saturated heterocycles. The highest BCUT2D eigenvalue weighted by Gasteiger charge is 2.32. The number of nitrogens with zero attached hydrogens (tertiary/aromatic N) is 3. The monoisotopic (exact) mass is 276 g/mol. The van der Waals surface area contributed by atoms with Crippen LogP contribution < -0.4 is 5.32 Å². The second-order valence-electron chi connectivity index (χ2n) is 6.13. The zero-order valence-electron chi connectivity index (χ0n) is 12.4. The Balaban J connectivity index is 1.74. The molecule has 110 valence electrons. The number of anilines is 1. The number of aromatic nitrogens is 2. The summed E-state index contributed by atoms with van der Waals surface area (Å²) in [6.45, 7) is 7.92. The molecule has 1 aliphatic heterocycles. The highest BCUT2D eigenvalue weighted by Crippen LogP contribution is 2.33. The van der Waals surface area contributed by atoms with Crippen molar-refractivity contribution in [3.8, 4) is 0 Å². The number of nitrogens with one attached hydrogen (secondary N) is 1. The van der Waals surface area contributed by atoms with Gasteiger partial charge in [0.2, 0.25) is 0 Å². The van der Waals surface area contributed by atoms with Gasteiger partial charge in [-0.2, -0.15) is 0 Å². The van der Waals surface area contributed by atoms with Gasteiger partial charge in [-0.25, -0.2) is 9.97 Å². The van der Waals surface area contributed by atoms with Crippen LogP contribution in [-0.4, -0.2) is 47.2 Å². The van der Waals surface area contributed by atoms with Crippen molar-refractivity contribution in [2.75, 3.05) is 31.6 Å². The van der Waals surface area contributed by atoms with Crippen LogP contribution in [0.3, 0.4) is 0 Å². The maximum atomic E-state index is 5.65. The Morgan fingerprint density at radius 1 is 1.45 bits per heavy atom. The number of hydrogen-bond acceptors (Lipinski definition) is 5. The van der Waals surface area contributed by atoms with E-state index in [9.17, 15) is 0 Å². The van der Waals surface area contributed by atoms with Crippen molar-refractivity contribution in [1.82, 2.24) is 14.9 Å². The lowest BCUT2D eigenvalue weighted by Crippen LogP contribution is -2.41. The maximum absolute atomic E-state index is 5.65. The van der Waals surface area contributed by atoms with Crippen LogP contribution in [0.1, 0.15) is 38.6 Å². The van der Waals surface area contributed by atoms with E-state index in [2.05, 4.69) is 34.0 Å². The van der Waals surface area contributed by atoms with Gasteiger partial charge in [-0.15, -0.1) is 0 Å². The summed E-state index contributed by atoms with van der Waals surface area (Å²) < 4.78 is 5.65. The summed E-state index contributed by atoms with van der Waals surface area (Å²) in [6.07, 6.45) is 4.59. The third-order valence-electron chi connectivity index (χ3n) is 3.84. The summed E-state index contributed by atoms with van der Waals surface area (Å²) in [7, 11) is 0. The topological polar surface area (TPSA) is 50.3 Å². The SMILES string of the molecule is CC(C)Nc1ccnc([C@H]2COCCN2CC2CC2)n1. The standard InChI is InChI=1S/C15H24N4O/c1-11(2)17-14-5-6-16-15(18-14)13-10-20-8-7-19(13)9-12-3-4-12/h5-6,11-13H,3-4,7-10H2,1-2H3,(H,16,17,18)/t13-/m1/s1. The fourth-order valence-electron chi connectivity index (χ4n) is 2.64. The molecule has 2 fully saturated rings. The fraction of sp³-hybridized carbons (Fsp3) is 0.733. The van der Waals surface area contributed by atoms with Crippen molar-refractivity contribution in [1.29, 1.82) is 0 Å².